The second-order valence-electron chi connectivity index (χ2n) is 6.17. The van der Waals surface area contributed by atoms with Crippen LogP contribution in [0, 0.1) is 6.92 Å². The lowest BCUT2D eigenvalue weighted by atomic mass is 10.1. The molecule has 0 fully saturated rings. The quantitative estimate of drug-likeness (QED) is 0.647. The Morgan fingerprint density at radius 3 is 2.28 bits per heavy atom. The van der Waals surface area contributed by atoms with Gasteiger partial charge < -0.3 is 14.8 Å². The predicted molar refractivity (Wildman–Crippen MR) is 101 cm³/mol. The third kappa shape index (κ3) is 4.18. The van der Waals surface area contributed by atoms with Gasteiger partial charge in [0.2, 0.25) is 0 Å². The van der Waals surface area contributed by atoms with Crippen molar-refractivity contribution in [3.63, 3.8) is 0 Å². The molecule has 0 unspecified atom stereocenters. The number of aromatic amines is 1. The minimum absolute atomic E-state index is 0.0943. The Balaban J connectivity index is 1.89. The molecule has 1 amide bonds. The zero-order valence-corrected chi connectivity index (χ0v) is 15.8. The number of anilines is 1. The molecular weight excluding hydrogens is 387 g/mol. The van der Waals surface area contributed by atoms with E-state index in [1.807, 2.05) is 0 Å². The fraction of sp³-hybridized carbons (Fsp3) is 0.200. The number of ether oxygens (including phenoxy) is 2. The molecule has 9 heteroatoms. The standard InChI is InChI=1S/C20H18F3N3O3/c1-11-17(24-19(27)12-4-7-14(8-5-12)20(21,22)23)18(26-25-11)13-6-9-15(28-2)16(10-13)29-3/h4-10H,1-3H3,(H,24,27)(H,25,26). The van der Waals surface area contributed by atoms with Crippen molar-refractivity contribution in [1.29, 1.82) is 0 Å². The molecule has 0 aliphatic rings. The van der Waals surface area contributed by atoms with Gasteiger partial charge in [-0.2, -0.15) is 18.3 Å². The molecule has 152 valence electrons. The van der Waals surface area contributed by atoms with Crippen LogP contribution in [0.2, 0.25) is 0 Å². The number of halogens is 3. The summed E-state index contributed by atoms with van der Waals surface area (Å²) in [6.45, 7) is 1.72. The number of H-pyrrole nitrogens is 1. The van der Waals surface area contributed by atoms with Crippen molar-refractivity contribution in [3.8, 4) is 22.8 Å². The summed E-state index contributed by atoms with van der Waals surface area (Å²) in [5, 5.41) is 9.74. The number of rotatable bonds is 5. The number of carbonyl (C=O) groups excluding carboxylic acids is 1. The van der Waals surface area contributed by atoms with Crippen LogP contribution in [0.1, 0.15) is 21.6 Å². The van der Waals surface area contributed by atoms with Crippen LogP contribution in [0.15, 0.2) is 42.5 Å². The van der Waals surface area contributed by atoms with E-state index in [1.54, 1.807) is 25.1 Å². The maximum atomic E-state index is 12.7. The minimum atomic E-state index is -4.46. The van der Waals surface area contributed by atoms with E-state index in [-0.39, 0.29) is 5.56 Å². The average molecular weight is 405 g/mol. The molecule has 29 heavy (non-hydrogen) atoms. The van der Waals surface area contributed by atoms with E-state index in [1.165, 1.54) is 14.2 Å². The fourth-order valence-electron chi connectivity index (χ4n) is 2.77. The van der Waals surface area contributed by atoms with Crippen molar-refractivity contribution >= 4 is 11.6 Å². The molecule has 0 atom stereocenters. The second kappa shape index (κ2) is 7.86. The Morgan fingerprint density at radius 2 is 1.69 bits per heavy atom. The normalized spacial score (nSPS) is 11.2. The first-order valence-corrected chi connectivity index (χ1v) is 8.50. The topological polar surface area (TPSA) is 76.2 Å². The summed E-state index contributed by atoms with van der Waals surface area (Å²) in [7, 11) is 3.02. The van der Waals surface area contributed by atoms with Gasteiger partial charge in [0.1, 0.15) is 5.69 Å². The summed E-state index contributed by atoms with van der Waals surface area (Å²) >= 11 is 0. The van der Waals surface area contributed by atoms with Crippen molar-refractivity contribution in [3.05, 3.63) is 59.3 Å². The molecule has 1 heterocycles. The lowest BCUT2D eigenvalue weighted by Gasteiger charge is -2.11. The van der Waals surface area contributed by atoms with Crippen molar-refractivity contribution in [2.75, 3.05) is 19.5 Å². The van der Waals surface area contributed by atoms with E-state index in [0.717, 1.165) is 24.3 Å². The lowest BCUT2D eigenvalue weighted by molar-refractivity contribution is -0.137. The molecule has 6 nitrogen and oxygen atoms in total. The van der Waals surface area contributed by atoms with Gasteiger partial charge in [-0.15, -0.1) is 0 Å². The molecule has 3 rings (SSSR count). The highest BCUT2D eigenvalue weighted by Crippen LogP contribution is 2.35. The molecule has 0 aliphatic heterocycles. The zero-order valence-electron chi connectivity index (χ0n) is 15.8. The number of hydrogen-bond donors (Lipinski definition) is 2. The number of amides is 1. The number of nitrogens with zero attached hydrogens (tertiary/aromatic N) is 1. The predicted octanol–water partition coefficient (Wildman–Crippen LogP) is 4.67. The molecule has 3 aromatic rings. The fourth-order valence-corrected chi connectivity index (χ4v) is 2.77. The van der Waals surface area contributed by atoms with Gasteiger partial charge in [0.15, 0.2) is 11.5 Å². The summed E-state index contributed by atoms with van der Waals surface area (Å²) in [6.07, 6.45) is -4.46. The van der Waals surface area contributed by atoms with Gasteiger partial charge in [0.25, 0.3) is 5.91 Å². The summed E-state index contributed by atoms with van der Waals surface area (Å²) in [4.78, 5) is 12.6. The highest BCUT2D eigenvalue weighted by atomic mass is 19.4. The first-order valence-electron chi connectivity index (χ1n) is 8.50. The molecule has 1 aromatic heterocycles. The third-order valence-electron chi connectivity index (χ3n) is 4.32. The average Bonchev–Trinajstić information content (AvgIpc) is 3.07. The Morgan fingerprint density at radius 1 is 1.03 bits per heavy atom. The minimum Gasteiger partial charge on any atom is -0.493 e. The first kappa shape index (κ1) is 20.2. The number of nitrogens with one attached hydrogen (secondary N) is 2. The Kier molecular flexibility index (Phi) is 5.49. The van der Waals surface area contributed by atoms with Gasteiger partial charge in [-0.05, 0) is 49.4 Å². The van der Waals surface area contributed by atoms with Crippen LogP contribution < -0.4 is 14.8 Å². The zero-order chi connectivity index (χ0) is 21.2. The molecular formula is C20H18F3N3O3. The number of benzene rings is 2. The number of carbonyl (C=O) groups is 1. The molecule has 0 saturated carbocycles. The van der Waals surface area contributed by atoms with E-state index in [2.05, 4.69) is 15.5 Å². The first-order chi connectivity index (χ1) is 13.7. The Labute approximate surface area is 164 Å². The maximum Gasteiger partial charge on any atom is 0.416 e. The second-order valence-corrected chi connectivity index (χ2v) is 6.17. The van der Waals surface area contributed by atoms with E-state index < -0.39 is 17.6 Å². The summed E-state index contributed by atoms with van der Waals surface area (Å²) in [5.41, 5.74) is 1.41. The SMILES string of the molecule is COc1ccc(-c2n[nH]c(C)c2NC(=O)c2ccc(C(F)(F)F)cc2)cc1OC. The van der Waals surface area contributed by atoms with Crippen LogP contribution in [0.4, 0.5) is 18.9 Å². The Hall–Kier alpha value is -3.49. The van der Waals surface area contributed by atoms with Gasteiger partial charge in [-0.25, -0.2) is 0 Å². The van der Waals surface area contributed by atoms with Crippen molar-refractivity contribution < 1.29 is 27.4 Å². The van der Waals surface area contributed by atoms with E-state index in [4.69, 9.17) is 9.47 Å². The maximum absolute atomic E-state index is 12.7. The molecule has 0 radical (unpaired) electrons. The van der Waals surface area contributed by atoms with E-state index in [0.29, 0.717) is 34.1 Å². The number of aromatic nitrogens is 2. The Bertz CT molecular complexity index is 1030. The smallest absolute Gasteiger partial charge is 0.416 e. The molecule has 2 N–H and O–H groups in total. The highest BCUT2D eigenvalue weighted by Gasteiger charge is 2.30. The van der Waals surface area contributed by atoms with Crippen LogP contribution in [-0.2, 0) is 6.18 Å². The van der Waals surface area contributed by atoms with Crippen molar-refractivity contribution in [1.82, 2.24) is 10.2 Å². The molecule has 0 spiro atoms. The van der Waals surface area contributed by atoms with Crippen LogP contribution in [0.5, 0.6) is 11.5 Å². The molecule has 0 bridgehead atoms. The third-order valence-corrected chi connectivity index (χ3v) is 4.32. The summed E-state index contributed by atoms with van der Waals surface area (Å²) in [5.74, 6) is 0.481. The summed E-state index contributed by atoms with van der Waals surface area (Å²) < 4.78 is 48.6. The van der Waals surface area contributed by atoms with Crippen molar-refractivity contribution in [2.24, 2.45) is 0 Å². The molecule has 2 aromatic carbocycles. The van der Waals surface area contributed by atoms with Crippen LogP contribution in [0.25, 0.3) is 11.3 Å². The van der Waals surface area contributed by atoms with Gasteiger partial charge in [0, 0.05) is 11.1 Å². The number of hydrogen-bond acceptors (Lipinski definition) is 4. The van der Waals surface area contributed by atoms with Gasteiger partial charge in [-0.1, -0.05) is 0 Å². The highest BCUT2D eigenvalue weighted by molar-refractivity contribution is 6.06. The largest absolute Gasteiger partial charge is 0.493 e. The van der Waals surface area contributed by atoms with Crippen LogP contribution in [-0.4, -0.2) is 30.3 Å². The van der Waals surface area contributed by atoms with Gasteiger partial charge >= 0.3 is 6.18 Å². The van der Waals surface area contributed by atoms with Crippen molar-refractivity contribution in [2.45, 2.75) is 13.1 Å². The van der Waals surface area contributed by atoms with Gasteiger partial charge in [0.05, 0.1) is 31.2 Å². The lowest BCUT2D eigenvalue weighted by Crippen LogP contribution is -2.13. The van der Waals surface area contributed by atoms with E-state index >= 15 is 0 Å². The van der Waals surface area contributed by atoms with E-state index in [9.17, 15) is 18.0 Å². The molecule has 0 aliphatic carbocycles. The number of aryl methyl sites for hydroxylation is 1. The number of methoxy groups -OCH3 is 2. The summed E-state index contributed by atoms with van der Waals surface area (Å²) in [6, 6.07) is 9.17. The monoisotopic (exact) mass is 405 g/mol. The number of alkyl halides is 3. The van der Waals surface area contributed by atoms with Crippen LogP contribution in [0.3, 0.4) is 0 Å². The van der Waals surface area contributed by atoms with Gasteiger partial charge in [-0.3, -0.25) is 9.89 Å². The molecule has 0 saturated heterocycles. The van der Waals surface area contributed by atoms with Crippen LogP contribution >= 0.6 is 0 Å².